The number of carbonyl (C=O) groups excluding carboxylic acids is 3. The number of Topliss-reactive ketones (excluding diaryl/α,β-unsaturated/α-hetero) is 1. The molecular formula is C7H11NO5. The molecule has 6 heteroatoms. The number of hydrogen-bond acceptors (Lipinski definition) is 5. The van der Waals surface area contributed by atoms with E-state index in [-0.39, 0.29) is 19.0 Å². The molecule has 0 aliphatic heterocycles. The van der Waals surface area contributed by atoms with Crippen LogP contribution >= 0.6 is 0 Å². The molecule has 6 nitrogen and oxygen atoms in total. The monoisotopic (exact) mass is 189 g/mol. The molecule has 13 heavy (non-hydrogen) atoms. The van der Waals surface area contributed by atoms with Gasteiger partial charge in [-0.2, -0.15) is 0 Å². The fraction of sp³-hybridized carbons (Fsp3) is 0.571. The van der Waals surface area contributed by atoms with Crippen LogP contribution in [0.15, 0.2) is 0 Å². The average Bonchev–Trinajstić information content (AvgIpc) is 1.98. The van der Waals surface area contributed by atoms with Crippen molar-refractivity contribution in [2.45, 2.75) is 13.3 Å². The molecule has 2 amide bonds. The number of imide groups is 1. The molecule has 1 N–H and O–H groups in total. The van der Waals surface area contributed by atoms with Gasteiger partial charge in [-0.05, 0) is 6.92 Å². The summed E-state index contributed by atoms with van der Waals surface area (Å²) in [6, 6.07) is 0. The number of nitrogens with one attached hydrogen (secondary N) is 1. The van der Waals surface area contributed by atoms with E-state index in [9.17, 15) is 14.4 Å². The maximum atomic E-state index is 10.8. The molecule has 0 rings (SSSR count). The van der Waals surface area contributed by atoms with Gasteiger partial charge in [-0.3, -0.25) is 14.9 Å². The van der Waals surface area contributed by atoms with Gasteiger partial charge in [-0.25, -0.2) is 4.79 Å². The molecule has 0 spiro atoms. The lowest BCUT2D eigenvalue weighted by Crippen LogP contribution is -2.32. The van der Waals surface area contributed by atoms with E-state index >= 15 is 0 Å². The summed E-state index contributed by atoms with van der Waals surface area (Å²) in [5.74, 6) is -1.01. The number of carbonyl (C=O) groups is 3. The van der Waals surface area contributed by atoms with Gasteiger partial charge in [0.15, 0.2) is 6.79 Å². The van der Waals surface area contributed by atoms with Gasteiger partial charge in [0, 0.05) is 7.11 Å². The van der Waals surface area contributed by atoms with Gasteiger partial charge >= 0.3 is 6.09 Å². The molecule has 0 aliphatic carbocycles. The molecule has 0 heterocycles. The lowest BCUT2D eigenvalue weighted by Gasteiger charge is -2.03. The van der Waals surface area contributed by atoms with Crippen molar-refractivity contribution in [3.8, 4) is 0 Å². The summed E-state index contributed by atoms with van der Waals surface area (Å²) >= 11 is 0. The molecule has 0 radical (unpaired) electrons. The number of alkyl carbamates (subject to hydrolysis) is 1. The van der Waals surface area contributed by atoms with E-state index in [0.717, 1.165) is 0 Å². The highest BCUT2D eigenvalue weighted by Gasteiger charge is 2.09. The summed E-state index contributed by atoms with van der Waals surface area (Å²) in [5, 5.41) is 1.85. The Morgan fingerprint density at radius 1 is 1.31 bits per heavy atom. The lowest BCUT2D eigenvalue weighted by molar-refractivity contribution is -0.126. The lowest BCUT2D eigenvalue weighted by atomic mass is 10.3. The number of methoxy groups -OCH3 is 1. The highest BCUT2D eigenvalue weighted by Crippen LogP contribution is 1.84. The molecule has 0 bridgehead atoms. The second-order valence-corrected chi connectivity index (χ2v) is 2.27. The Bertz CT molecular complexity index is 213. The third-order valence-corrected chi connectivity index (χ3v) is 0.959. The third-order valence-electron chi connectivity index (χ3n) is 0.959. The Balaban J connectivity index is 3.65. The van der Waals surface area contributed by atoms with Crippen molar-refractivity contribution in [3.05, 3.63) is 0 Å². The minimum Gasteiger partial charge on any atom is -0.422 e. The second-order valence-electron chi connectivity index (χ2n) is 2.27. The van der Waals surface area contributed by atoms with Gasteiger partial charge in [-0.15, -0.1) is 0 Å². The fourth-order valence-corrected chi connectivity index (χ4v) is 0.533. The molecule has 74 valence electrons. The van der Waals surface area contributed by atoms with Crippen LogP contribution in [0.2, 0.25) is 0 Å². The van der Waals surface area contributed by atoms with E-state index in [0.29, 0.717) is 0 Å². The average molecular weight is 189 g/mol. The first-order valence-corrected chi connectivity index (χ1v) is 3.51. The summed E-state index contributed by atoms with van der Waals surface area (Å²) in [6.07, 6.45) is -1.25. The second kappa shape index (κ2) is 6.13. The van der Waals surface area contributed by atoms with Gasteiger partial charge in [0.25, 0.3) is 0 Å². The van der Waals surface area contributed by atoms with E-state index in [2.05, 4.69) is 9.47 Å². The molecule has 0 aliphatic rings. The van der Waals surface area contributed by atoms with Crippen molar-refractivity contribution >= 4 is 17.8 Å². The van der Waals surface area contributed by atoms with E-state index in [1.54, 1.807) is 0 Å². The standard InChI is InChI=1S/C7H11NO5/c1-5(9)3-6(10)8-7(11)13-4-12-2/h3-4H2,1-2H3,(H,8,10,11). The van der Waals surface area contributed by atoms with Crippen LogP contribution in [0.25, 0.3) is 0 Å². The van der Waals surface area contributed by atoms with Crippen molar-refractivity contribution in [2.75, 3.05) is 13.9 Å². The normalized spacial score (nSPS) is 9.08. The van der Waals surface area contributed by atoms with E-state index < -0.39 is 12.0 Å². The third kappa shape index (κ3) is 6.95. The first-order valence-electron chi connectivity index (χ1n) is 3.51. The first kappa shape index (κ1) is 11.6. The van der Waals surface area contributed by atoms with Crippen LogP contribution in [0.5, 0.6) is 0 Å². The van der Waals surface area contributed by atoms with Crippen LogP contribution in [-0.4, -0.2) is 31.7 Å². The topological polar surface area (TPSA) is 81.7 Å². The van der Waals surface area contributed by atoms with E-state index in [4.69, 9.17) is 0 Å². The quantitative estimate of drug-likeness (QED) is 0.490. The van der Waals surface area contributed by atoms with Gasteiger partial charge < -0.3 is 9.47 Å². The Morgan fingerprint density at radius 2 is 1.92 bits per heavy atom. The van der Waals surface area contributed by atoms with Gasteiger partial charge in [-0.1, -0.05) is 0 Å². The molecule has 0 unspecified atom stereocenters. The SMILES string of the molecule is COCOC(=O)NC(=O)CC(C)=O. The van der Waals surface area contributed by atoms with Gasteiger partial charge in [0.2, 0.25) is 5.91 Å². The molecule has 0 saturated carbocycles. The minimum absolute atomic E-state index is 0.237. The maximum Gasteiger partial charge on any atom is 0.415 e. The Morgan fingerprint density at radius 3 is 2.38 bits per heavy atom. The predicted molar refractivity (Wildman–Crippen MR) is 41.8 cm³/mol. The van der Waals surface area contributed by atoms with Crippen LogP contribution < -0.4 is 5.32 Å². The zero-order valence-corrected chi connectivity index (χ0v) is 7.46. The smallest absolute Gasteiger partial charge is 0.415 e. The van der Waals surface area contributed by atoms with E-state index in [1.165, 1.54) is 14.0 Å². The number of amides is 2. The molecular weight excluding hydrogens is 178 g/mol. The van der Waals surface area contributed by atoms with Crippen molar-refractivity contribution in [1.82, 2.24) is 5.32 Å². The van der Waals surface area contributed by atoms with Crippen LogP contribution in [-0.2, 0) is 19.1 Å². The molecule has 0 atom stereocenters. The minimum atomic E-state index is -0.923. The first-order chi connectivity index (χ1) is 6.06. The number of hydrogen-bond donors (Lipinski definition) is 1. The van der Waals surface area contributed by atoms with Gasteiger partial charge in [0.1, 0.15) is 5.78 Å². The van der Waals surface area contributed by atoms with Crippen molar-refractivity contribution in [3.63, 3.8) is 0 Å². The highest BCUT2D eigenvalue weighted by atomic mass is 16.7. The highest BCUT2D eigenvalue weighted by molar-refractivity contribution is 6.02. The van der Waals surface area contributed by atoms with Crippen molar-refractivity contribution in [2.24, 2.45) is 0 Å². The summed E-state index contributed by atoms with van der Waals surface area (Å²) in [4.78, 5) is 31.8. The zero-order chi connectivity index (χ0) is 10.3. The van der Waals surface area contributed by atoms with Crippen LogP contribution in [0, 0.1) is 0 Å². The van der Waals surface area contributed by atoms with Gasteiger partial charge in [0.05, 0.1) is 6.42 Å². The molecule has 0 aromatic carbocycles. The number of ketones is 1. The Hall–Kier alpha value is -1.43. The van der Waals surface area contributed by atoms with Crippen LogP contribution in [0.4, 0.5) is 4.79 Å². The molecule has 0 aromatic heterocycles. The summed E-state index contributed by atoms with van der Waals surface area (Å²) in [6.45, 7) is 1.01. The van der Waals surface area contributed by atoms with Crippen molar-refractivity contribution in [1.29, 1.82) is 0 Å². The fourth-order valence-electron chi connectivity index (χ4n) is 0.533. The summed E-state index contributed by atoms with van der Waals surface area (Å²) < 4.78 is 8.75. The van der Waals surface area contributed by atoms with Crippen LogP contribution in [0.3, 0.4) is 0 Å². The molecule has 0 fully saturated rings. The number of rotatable bonds is 4. The largest absolute Gasteiger partial charge is 0.422 e. The number of ether oxygens (including phenoxy) is 2. The summed E-state index contributed by atoms with van der Waals surface area (Å²) in [7, 11) is 1.34. The summed E-state index contributed by atoms with van der Waals surface area (Å²) in [5.41, 5.74) is 0. The van der Waals surface area contributed by atoms with Crippen molar-refractivity contribution < 1.29 is 23.9 Å². The predicted octanol–water partition coefficient (Wildman–Crippen LogP) is -0.178. The van der Waals surface area contributed by atoms with Crippen LogP contribution in [0.1, 0.15) is 13.3 Å². The maximum absolute atomic E-state index is 10.8. The Labute approximate surface area is 75.2 Å². The molecule has 0 aromatic rings. The molecule has 0 saturated heterocycles. The zero-order valence-electron chi connectivity index (χ0n) is 7.46. The van der Waals surface area contributed by atoms with E-state index in [1.807, 2.05) is 5.32 Å². The Kier molecular flexibility index (Phi) is 5.45.